The van der Waals surface area contributed by atoms with E-state index in [-0.39, 0.29) is 12.5 Å². The molecule has 8 heteroatoms. The van der Waals surface area contributed by atoms with Crippen LogP contribution in [0.2, 0.25) is 0 Å². The van der Waals surface area contributed by atoms with Gasteiger partial charge >= 0.3 is 5.97 Å². The molecular formula is C13H27N2O5P. The number of carboxylic acid groups (broad SMARTS) is 1. The molecule has 0 saturated carbocycles. The first-order valence-corrected chi connectivity index (χ1v) is 7.80. The molecule has 0 radical (unpaired) electrons. The average Bonchev–Trinajstić information content (AvgIpc) is 2.46. The zero-order valence-electron chi connectivity index (χ0n) is 12.6. The molecule has 1 amide bonds. The molecule has 0 aromatic rings. The number of carbonyl (C=O) groups excluding carboxylic acids is 1. The minimum absolute atomic E-state index is 0.0282. The van der Waals surface area contributed by atoms with Crippen LogP contribution >= 0.6 is 9.39 Å². The van der Waals surface area contributed by atoms with Gasteiger partial charge in [-0.3, -0.25) is 14.7 Å². The number of nitrogens with one attached hydrogen (secondary N) is 2. The summed E-state index contributed by atoms with van der Waals surface area (Å²) >= 11 is 0. The van der Waals surface area contributed by atoms with Crippen LogP contribution in [0, 0.1) is 0 Å². The second kappa shape index (κ2) is 14.2. The Bertz CT molecular complexity index is 292. The summed E-state index contributed by atoms with van der Waals surface area (Å²) in [5.74, 6) is -1.03. The van der Waals surface area contributed by atoms with Crippen LogP contribution < -0.4 is 10.4 Å². The summed E-state index contributed by atoms with van der Waals surface area (Å²) in [5.41, 5.74) is 0. The maximum absolute atomic E-state index is 11.4. The summed E-state index contributed by atoms with van der Waals surface area (Å²) in [7, 11) is 2.21. The number of hydrogen-bond donors (Lipinski definition) is 3. The van der Waals surface area contributed by atoms with Crippen molar-refractivity contribution in [3.63, 3.8) is 0 Å². The Morgan fingerprint density at radius 3 is 2.52 bits per heavy atom. The molecule has 0 aliphatic heterocycles. The third-order valence-corrected chi connectivity index (χ3v) is 3.10. The van der Waals surface area contributed by atoms with Gasteiger partial charge in [0, 0.05) is 13.2 Å². The highest BCUT2D eigenvalue weighted by Crippen LogP contribution is 2.02. The molecule has 7 nitrogen and oxygen atoms in total. The molecule has 3 N–H and O–H groups in total. The predicted octanol–water partition coefficient (Wildman–Crippen LogP) is 0.549. The first kappa shape index (κ1) is 20.2. The summed E-state index contributed by atoms with van der Waals surface area (Å²) in [6.07, 6.45) is 2.96. The Balaban J connectivity index is 3.39. The highest BCUT2D eigenvalue weighted by Gasteiger charge is 2.13. The van der Waals surface area contributed by atoms with Gasteiger partial charge in [-0.1, -0.05) is 16.3 Å². The first-order chi connectivity index (χ1) is 10.1. The van der Waals surface area contributed by atoms with Crippen LogP contribution in [-0.2, 0) is 19.1 Å². The molecule has 0 fully saturated rings. The lowest BCUT2D eigenvalue weighted by Crippen LogP contribution is -2.31. The lowest BCUT2D eigenvalue weighted by atomic mass is 10.1. The standard InChI is InChI=1S/C13H27N2O5P/c1-2-7-19-8-9-20-10-12(16)14-6-4-3-5-11(15-21)13(17)18/h11,15H,2-10,21H2,1H3,(H,14,16)(H,17,18)/t11-/m0/s1. The molecule has 21 heavy (non-hydrogen) atoms. The third-order valence-electron chi connectivity index (χ3n) is 2.69. The lowest BCUT2D eigenvalue weighted by Gasteiger charge is -2.10. The number of amides is 1. The van der Waals surface area contributed by atoms with E-state index in [1.54, 1.807) is 0 Å². The van der Waals surface area contributed by atoms with Gasteiger partial charge in [0.05, 0.1) is 13.2 Å². The molecule has 0 aliphatic carbocycles. The predicted molar refractivity (Wildman–Crippen MR) is 83.1 cm³/mol. The fourth-order valence-electron chi connectivity index (χ4n) is 1.56. The van der Waals surface area contributed by atoms with Crippen molar-refractivity contribution >= 4 is 21.3 Å². The van der Waals surface area contributed by atoms with Crippen molar-refractivity contribution in [2.45, 2.75) is 38.6 Å². The van der Waals surface area contributed by atoms with Gasteiger partial charge in [0.2, 0.25) is 5.91 Å². The van der Waals surface area contributed by atoms with Crippen molar-refractivity contribution in [2.24, 2.45) is 0 Å². The van der Waals surface area contributed by atoms with E-state index in [0.717, 1.165) is 19.3 Å². The first-order valence-electron chi connectivity index (χ1n) is 7.23. The second-order valence-electron chi connectivity index (χ2n) is 4.57. The van der Waals surface area contributed by atoms with Crippen molar-refractivity contribution in [1.82, 2.24) is 10.4 Å². The normalized spacial score (nSPS) is 12.1. The number of unbranched alkanes of at least 4 members (excludes halogenated alkanes) is 1. The number of ether oxygens (including phenoxy) is 2. The zero-order chi connectivity index (χ0) is 15.9. The van der Waals surface area contributed by atoms with E-state index >= 15 is 0 Å². The van der Waals surface area contributed by atoms with Crippen molar-refractivity contribution in [2.75, 3.05) is 33.0 Å². The molecule has 0 aromatic heterocycles. The molecule has 1 unspecified atom stereocenters. The summed E-state index contributed by atoms with van der Waals surface area (Å²) < 4.78 is 10.4. The van der Waals surface area contributed by atoms with Crippen LogP contribution in [0.1, 0.15) is 32.6 Å². The summed E-state index contributed by atoms with van der Waals surface area (Å²) in [4.78, 5) is 22.1. The van der Waals surface area contributed by atoms with Crippen LogP contribution in [0.3, 0.4) is 0 Å². The Hall–Kier alpha value is -0.750. The fourth-order valence-corrected chi connectivity index (χ4v) is 1.87. The van der Waals surface area contributed by atoms with Crippen LogP contribution in [0.15, 0.2) is 0 Å². The van der Waals surface area contributed by atoms with E-state index in [4.69, 9.17) is 14.6 Å². The number of hydrogen-bond acceptors (Lipinski definition) is 5. The maximum atomic E-state index is 11.4. The number of aliphatic carboxylic acids is 1. The van der Waals surface area contributed by atoms with E-state index < -0.39 is 12.0 Å². The Morgan fingerprint density at radius 1 is 1.19 bits per heavy atom. The molecule has 0 heterocycles. The van der Waals surface area contributed by atoms with Crippen molar-refractivity contribution < 1.29 is 24.2 Å². The summed E-state index contributed by atoms with van der Waals surface area (Å²) in [6, 6.07) is -0.558. The van der Waals surface area contributed by atoms with E-state index in [0.29, 0.717) is 32.8 Å². The van der Waals surface area contributed by atoms with E-state index in [9.17, 15) is 9.59 Å². The second-order valence-corrected chi connectivity index (χ2v) is 4.90. The molecule has 0 spiro atoms. The molecule has 0 bridgehead atoms. The zero-order valence-corrected chi connectivity index (χ0v) is 13.8. The molecule has 0 aromatic carbocycles. The van der Waals surface area contributed by atoms with Crippen molar-refractivity contribution in [3.8, 4) is 0 Å². The molecule has 124 valence electrons. The van der Waals surface area contributed by atoms with E-state index in [1.807, 2.05) is 6.92 Å². The van der Waals surface area contributed by atoms with Crippen molar-refractivity contribution in [1.29, 1.82) is 0 Å². The number of carboxylic acids is 1. The minimum atomic E-state index is -0.868. The van der Waals surface area contributed by atoms with Crippen LogP contribution in [0.5, 0.6) is 0 Å². The lowest BCUT2D eigenvalue weighted by molar-refractivity contribution is -0.139. The van der Waals surface area contributed by atoms with Gasteiger partial charge in [0.1, 0.15) is 12.6 Å². The fraction of sp³-hybridized carbons (Fsp3) is 0.846. The van der Waals surface area contributed by atoms with E-state index in [1.165, 1.54) is 0 Å². The minimum Gasteiger partial charge on any atom is -0.480 e. The van der Waals surface area contributed by atoms with Crippen LogP contribution in [0.25, 0.3) is 0 Å². The highest BCUT2D eigenvalue weighted by atomic mass is 31.0. The third kappa shape index (κ3) is 12.7. The van der Waals surface area contributed by atoms with Gasteiger partial charge in [-0.05, 0) is 25.7 Å². The Kier molecular flexibility index (Phi) is 13.7. The summed E-state index contributed by atoms with van der Waals surface area (Å²) in [6.45, 7) is 4.20. The summed E-state index contributed by atoms with van der Waals surface area (Å²) in [5, 5.41) is 14.2. The molecule has 0 aliphatic rings. The monoisotopic (exact) mass is 322 g/mol. The molecular weight excluding hydrogens is 295 g/mol. The van der Waals surface area contributed by atoms with Crippen LogP contribution in [-0.4, -0.2) is 56.0 Å². The molecule has 0 saturated heterocycles. The van der Waals surface area contributed by atoms with Gasteiger partial charge in [-0.15, -0.1) is 0 Å². The molecule has 0 rings (SSSR count). The Labute approximate surface area is 128 Å². The van der Waals surface area contributed by atoms with E-state index in [2.05, 4.69) is 19.8 Å². The average molecular weight is 322 g/mol. The topological polar surface area (TPSA) is 96.9 Å². The molecule has 2 atom stereocenters. The maximum Gasteiger partial charge on any atom is 0.320 e. The highest BCUT2D eigenvalue weighted by molar-refractivity contribution is 7.13. The number of rotatable bonds is 14. The van der Waals surface area contributed by atoms with Gasteiger partial charge < -0.3 is 19.9 Å². The Morgan fingerprint density at radius 2 is 1.90 bits per heavy atom. The van der Waals surface area contributed by atoms with Crippen LogP contribution in [0.4, 0.5) is 0 Å². The van der Waals surface area contributed by atoms with Crippen molar-refractivity contribution in [3.05, 3.63) is 0 Å². The van der Waals surface area contributed by atoms with Gasteiger partial charge in [0.15, 0.2) is 0 Å². The number of carbonyl (C=O) groups is 2. The quantitative estimate of drug-likeness (QED) is 0.319. The largest absolute Gasteiger partial charge is 0.480 e. The SMILES string of the molecule is CCCOCCOCC(=O)NCCCC[C@H](NP)C(=O)O. The van der Waals surface area contributed by atoms with Gasteiger partial charge in [-0.2, -0.15) is 0 Å². The van der Waals surface area contributed by atoms with Gasteiger partial charge in [-0.25, -0.2) is 0 Å². The smallest absolute Gasteiger partial charge is 0.320 e. The van der Waals surface area contributed by atoms with Gasteiger partial charge in [0.25, 0.3) is 0 Å².